The SMILES string of the molecule is C=CCSc1cc(C(=O)O)cc(N=Nc2cc(C(=O)O)cc(SCC=C)c2C(=O)c2ccccc2)c1C(=O)c1ccccc1. The summed E-state index contributed by atoms with van der Waals surface area (Å²) in [5.74, 6) is -2.53. The van der Waals surface area contributed by atoms with Gasteiger partial charge < -0.3 is 10.2 Å². The van der Waals surface area contributed by atoms with Crippen molar-refractivity contribution < 1.29 is 29.4 Å². The molecule has 0 heterocycles. The predicted octanol–water partition coefficient (Wildman–Crippen LogP) is 8.52. The molecule has 4 aromatic carbocycles. The molecule has 0 amide bonds. The van der Waals surface area contributed by atoms with Crippen molar-refractivity contribution in [2.24, 2.45) is 10.2 Å². The van der Waals surface area contributed by atoms with Gasteiger partial charge in [-0.15, -0.1) is 46.9 Å². The molecule has 0 bridgehead atoms. The second kappa shape index (κ2) is 14.9. The number of rotatable bonds is 14. The molecule has 0 aliphatic rings. The molecule has 4 aromatic rings. The zero-order valence-electron chi connectivity index (χ0n) is 23.3. The average molecular weight is 623 g/mol. The average Bonchev–Trinajstić information content (AvgIpc) is 3.04. The summed E-state index contributed by atoms with van der Waals surface area (Å²) in [6.07, 6.45) is 3.24. The highest BCUT2D eigenvalue weighted by Gasteiger charge is 2.24. The Balaban J connectivity index is 1.99. The molecule has 0 saturated carbocycles. The second-order valence-corrected chi connectivity index (χ2v) is 11.3. The van der Waals surface area contributed by atoms with Gasteiger partial charge >= 0.3 is 11.9 Å². The Bertz CT molecular complexity index is 1660. The first-order chi connectivity index (χ1) is 21.2. The normalized spacial score (nSPS) is 10.8. The van der Waals surface area contributed by atoms with Crippen molar-refractivity contribution in [3.05, 3.63) is 144 Å². The van der Waals surface area contributed by atoms with Crippen LogP contribution in [0.25, 0.3) is 0 Å². The number of hydrogen-bond acceptors (Lipinski definition) is 8. The van der Waals surface area contributed by atoms with E-state index in [1.165, 1.54) is 47.8 Å². The van der Waals surface area contributed by atoms with Gasteiger partial charge in [0, 0.05) is 32.4 Å². The second-order valence-electron chi connectivity index (χ2n) is 9.14. The Kier molecular flexibility index (Phi) is 10.8. The molecular formula is C34H26N2O6S2. The van der Waals surface area contributed by atoms with Gasteiger partial charge in [-0.25, -0.2) is 9.59 Å². The van der Waals surface area contributed by atoms with Crippen LogP contribution in [0.15, 0.2) is 130 Å². The summed E-state index contributed by atoms with van der Waals surface area (Å²) < 4.78 is 0. The van der Waals surface area contributed by atoms with E-state index in [9.17, 15) is 29.4 Å². The molecule has 4 rings (SSSR count). The molecule has 220 valence electrons. The van der Waals surface area contributed by atoms with Crippen molar-refractivity contribution in [3.8, 4) is 0 Å². The van der Waals surface area contributed by atoms with Gasteiger partial charge in [-0.3, -0.25) is 9.59 Å². The lowest BCUT2D eigenvalue weighted by atomic mass is 9.99. The van der Waals surface area contributed by atoms with Crippen molar-refractivity contribution in [2.75, 3.05) is 11.5 Å². The van der Waals surface area contributed by atoms with Gasteiger partial charge in [0.1, 0.15) is 0 Å². The van der Waals surface area contributed by atoms with E-state index < -0.39 is 23.5 Å². The summed E-state index contributed by atoms with van der Waals surface area (Å²) >= 11 is 2.42. The summed E-state index contributed by atoms with van der Waals surface area (Å²) in [5.41, 5.74) is 0.571. The summed E-state index contributed by atoms with van der Waals surface area (Å²) in [6, 6.07) is 22.1. The van der Waals surface area contributed by atoms with Crippen LogP contribution in [0.4, 0.5) is 11.4 Å². The number of carboxylic acid groups (broad SMARTS) is 2. The maximum absolute atomic E-state index is 13.8. The van der Waals surface area contributed by atoms with E-state index in [2.05, 4.69) is 23.4 Å². The Hall–Kier alpha value is -5.06. The van der Waals surface area contributed by atoms with E-state index in [0.717, 1.165) is 0 Å². The molecule has 8 nitrogen and oxygen atoms in total. The molecule has 44 heavy (non-hydrogen) atoms. The molecule has 0 aliphatic heterocycles. The highest BCUT2D eigenvalue weighted by atomic mass is 32.2. The molecule has 0 aliphatic carbocycles. The predicted molar refractivity (Wildman–Crippen MR) is 173 cm³/mol. The molecule has 0 radical (unpaired) electrons. The lowest BCUT2D eigenvalue weighted by Gasteiger charge is -2.14. The largest absolute Gasteiger partial charge is 0.478 e. The quantitative estimate of drug-likeness (QED) is 0.0619. The minimum Gasteiger partial charge on any atom is -0.478 e. The molecule has 0 atom stereocenters. The Morgan fingerprint density at radius 1 is 0.591 bits per heavy atom. The van der Waals surface area contributed by atoms with Gasteiger partial charge in [-0.05, 0) is 24.3 Å². The van der Waals surface area contributed by atoms with Crippen molar-refractivity contribution >= 4 is 58.4 Å². The standard InChI is InChI=1S/C34H26N2O6S2/c1-3-15-43-27-19-23(33(39)40)17-25(29(27)31(37)21-11-7-5-8-12-21)35-36-26-18-24(34(41)42)20-28(44-16-4-2)30(26)32(38)22-13-9-6-10-14-22/h3-14,17-20H,1-2,15-16H2,(H,39,40)(H,41,42). The van der Waals surface area contributed by atoms with Crippen LogP contribution in [-0.4, -0.2) is 45.2 Å². The van der Waals surface area contributed by atoms with Gasteiger partial charge in [0.15, 0.2) is 11.6 Å². The van der Waals surface area contributed by atoms with Gasteiger partial charge in [0.2, 0.25) is 0 Å². The number of benzene rings is 4. The number of azo groups is 1. The molecule has 0 saturated heterocycles. The lowest BCUT2D eigenvalue weighted by molar-refractivity contribution is 0.0685. The number of thioether (sulfide) groups is 2. The first-order valence-corrected chi connectivity index (χ1v) is 15.1. The molecule has 0 aromatic heterocycles. The Labute approximate surface area is 262 Å². The van der Waals surface area contributed by atoms with Gasteiger partial charge in [0.25, 0.3) is 0 Å². The maximum Gasteiger partial charge on any atom is 0.335 e. The van der Waals surface area contributed by atoms with Crippen LogP contribution < -0.4 is 0 Å². The highest BCUT2D eigenvalue weighted by molar-refractivity contribution is 7.99. The van der Waals surface area contributed by atoms with Crippen molar-refractivity contribution in [1.82, 2.24) is 0 Å². The number of carboxylic acids is 2. The van der Waals surface area contributed by atoms with E-state index >= 15 is 0 Å². The number of ketones is 2. The van der Waals surface area contributed by atoms with Crippen LogP contribution in [0.1, 0.15) is 52.6 Å². The van der Waals surface area contributed by atoms with Crippen LogP contribution in [-0.2, 0) is 0 Å². The molecule has 2 N–H and O–H groups in total. The lowest BCUT2D eigenvalue weighted by Crippen LogP contribution is -2.07. The zero-order valence-corrected chi connectivity index (χ0v) is 24.9. The third-order valence-corrected chi connectivity index (χ3v) is 8.23. The molecule has 0 spiro atoms. The van der Waals surface area contributed by atoms with Crippen LogP contribution in [0, 0.1) is 0 Å². The number of carbonyl (C=O) groups is 4. The number of hydrogen-bond donors (Lipinski definition) is 2. The first kappa shape index (κ1) is 31.9. The summed E-state index contributed by atoms with van der Waals surface area (Å²) in [4.78, 5) is 52.4. The van der Waals surface area contributed by atoms with Gasteiger partial charge in [-0.1, -0.05) is 72.8 Å². The Morgan fingerprint density at radius 3 is 1.27 bits per heavy atom. The van der Waals surface area contributed by atoms with Crippen molar-refractivity contribution in [1.29, 1.82) is 0 Å². The van der Waals surface area contributed by atoms with E-state index in [1.807, 2.05) is 0 Å². The summed E-state index contributed by atoms with van der Waals surface area (Å²) in [7, 11) is 0. The smallest absolute Gasteiger partial charge is 0.335 e. The Morgan fingerprint density at radius 2 is 0.955 bits per heavy atom. The minimum atomic E-state index is -1.24. The fourth-order valence-corrected chi connectivity index (χ4v) is 5.86. The fourth-order valence-electron chi connectivity index (χ4n) is 4.16. The van der Waals surface area contributed by atoms with E-state index in [0.29, 0.717) is 32.4 Å². The zero-order chi connectivity index (χ0) is 31.6. The van der Waals surface area contributed by atoms with E-state index in [4.69, 9.17) is 0 Å². The minimum absolute atomic E-state index is 0.0514. The molecule has 10 heteroatoms. The third kappa shape index (κ3) is 7.47. The fraction of sp³-hybridized carbons (Fsp3) is 0.0588. The van der Waals surface area contributed by atoms with Gasteiger partial charge in [0.05, 0.1) is 33.6 Å². The van der Waals surface area contributed by atoms with Crippen LogP contribution in [0.3, 0.4) is 0 Å². The first-order valence-electron chi connectivity index (χ1n) is 13.2. The van der Waals surface area contributed by atoms with Crippen LogP contribution >= 0.6 is 23.5 Å². The van der Waals surface area contributed by atoms with E-state index in [1.54, 1.807) is 72.8 Å². The summed E-state index contributed by atoms with van der Waals surface area (Å²) in [5, 5.41) is 28.3. The van der Waals surface area contributed by atoms with Crippen LogP contribution in [0.5, 0.6) is 0 Å². The highest BCUT2D eigenvalue weighted by Crippen LogP contribution is 2.38. The third-order valence-electron chi connectivity index (χ3n) is 6.16. The number of nitrogens with zero attached hydrogens (tertiary/aromatic N) is 2. The monoisotopic (exact) mass is 622 g/mol. The number of aromatic carboxylic acids is 2. The van der Waals surface area contributed by atoms with E-state index in [-0.39, 0.29) is 33.6 Å². The maximum atomic E-state index is 13.8. The molecule has 0 unspecified atom stereocenters. The molecular weight excluding hydrogens is 597 g/mol. The van der Waals surface area contributed by atoms with Crippen molar-refractivity contribution in [2.45, 2.75) is 9.79 Å². The topological polar surface area (TPSA) is 133 Å². The number of carbonyl (C=O) groups excluding carboxylic acids is 2. The summed E-state index contributed by atoms with van der Waals surface area (Å²) in [6.45, 7) is 7.43. The van der Waals surface area contributed by atoms with Crippen LogP contribution in [0.2, 0.25) is 0 Å². The van der Waals surface area contributed by atoms with Gasteiger partial charge in [-0.2, -0.15) is 0 Å². The van der Waals surface area contributed by atoms with Crippen molar-refractivity contribution in [3.63, 3.8) is 0 Å². The molecule has 0 fully saturated rings.